The first kappa shape index (κ1) is 12.7. The maximum Gasteiger partial charge on any atom is 0.322 e. The molecule has 1 saturated heterocycles. The Labute approximate surface area is 108 Å². The predicted octanol–water partition coefficient (Wildman–Crippen LogP) is 3.19. The number of amides is 2. The van der Waals surface area contributed by atoms with Crippen molar-refractivity contribution >= 4 is 11.7 Å². The molecule has 18 heavy (non-hydrogen) atoms. The van der Waals surface area contributed by atoms with E-state index in [1.165, 1.54) is 6.42 Å². The maximum absolute atomic E-state index is 12.2. The molecular weight excluding hydrogens is 228 g/mol. The Kier molecular flexibility index (Phi) is 3.75. The number of hydrogen-bond donors (Lipinski definition) is 2. The van der Waals surface area contributed by atoms with Gasteiger partial charge in [0.2, 0.25) is 0 Å². The minimum atomic E-state index is -0.129. The standard InChI is InChI=1S/C14H20N2O2/c1-10-6-5-7-11(2)16(10)14(18)15-12-8-3-4-9-13(12)17/h3-4,8-11,17H,5-7H2,1-2H3,(H,15,18). The third kappa shape index (κ3) is 2.58. The van der Waals surface area contributed by atoms with E-state index in [9.17, 15) is 9.90 Å². The zero-order valence-electron chi connectivity index (χ0n) is 10.9. The quantitative estimate of drug-likeness (QED) is 0.750. The van der Waals surface area contributed by atoms with Crippen LogP contribution in [0.25, 0.3) is 0 Å². The highest BCUT2D eigenvalue weighted by Crippen LogP contribution is 2.26. The summed E-state index contributed by atoms with van der Waals surface area (Å²) in [6.45, 7) is 4.14. The van der Waals surface area contributed by atoms with E-state index in [0.29, 0.717) is 5.69 Å². The van der Waals surface area contributed by atoms with E-state index in [1.54, 1.807) is 24.3 Å². The number of para-hydroxylation sites is 2. The van der Waals surface area contributed by atoms with Crippen molar-refractivity contribution in [2.75, 3.05) is 5.32 Å². The van der Waals surface area contributed by atoms with Gasteiger partial charge in [-0.15, -0.1) is 0 Å². The highest BCUT2D eigenvalue weighted by atomic mass is 16.3. The number of carbonyl (C=O) groups excluding carboxylic acids is 1. The molecular formula is C14H20N2O2. The van der Waals surface area contributed by atoms with Crippen molar-refractivity contribution in [1.82, 2.24) is 4.90 Å². The van der Waals surface area contributed by atoms with Crippen molar-refractivity contribution in [2.24, 2.45) is 0 Å². The molecule has 2 N–H and O–H groups in total. The Hall–Kier alpha value is -1.71. The number of aromatic hydroxyl groups is 1. The number of nitrogens with zero attached hydrogens (tertiary/aromatic N) is 1. The van der Waals surface area contributed by atoms with Crippen molar-refractivity contribution in [3.63, 3.8) is 0 Å². The van der Waals surface area contributed by atoms with E-state index in [4.69, 9.17) is 0 Å². The molecule has 1 aliphatic heterocycles. The normalized spacial score (nSPS) is 23.8. The third-order valence-electron chi connectivity index (χ3n) is 3.57. The van der Waals surface area contributed by atoms with Crippen LogP contribution in [0.15, 0.2) is 24.3 Å². The van der Waals surface area contributed by atoms with Gasteiger partial charge in [0.05, 0.1) is 5.69 Å². The molecule has 2 amide bonds. The molecule has 2 unspecified atom stereocenters. The van der Waals surface area contributed by atoms with Crippen LogP contribution in [0.2, 0.25) is 0 Å². The lowest BCUT2D eigenvalue weighted by molar-refractivity contribution is 0.133. The Morgan fingerprint density at radius 3 is 2.50 bits per heavy atom. The number of urea groups is 1. The summed E-state index contributed by atoms with van der Waals surface area (Å²) >= 11 is 0. The second-order valence-electron chi connectivity index (χ2n) is 4.98. The first-order chi connectivity index (χ1) is 8.59. The smallest absolute Gasteiger partial charge is 0.322 e. The zero-order valence-corrected chi connectivity index (χ0v) is 10.9. The van der Waals surface area contributed by atoms with Gasteiger partial charge in [-0.3, -0.25) is 0 Å². The molecule has 0 radical (unpaired) electrons. The number of phenolic OH excluding ortho intramolecular Hbond substituents is 1. The van der Waals surface area contributed by atoms with E-state index in [1.807, 2.05) is 4.90 Å². The van der Waals surface area contributed by atoms with E-state index < -0.39 is 0 Å². The second kappa shape index (κ2) is 5.29. The summed E-state index contributed by atoms with van der Waals surface area (Å²) in [5.74, 6) is 0.100. The fourth-order valence-corrected chi connectivity index (χ4v) is 2.58. The number of piperidine rings is 1. The van der Waals surface area contributed by atoms with Crippen LogP contribution in [0.1, 0.15) is 33.1 Å². The van der Waals surface area contributed by atoms with Crippen LogP contribution < -0.4 is 5.32 Å². The van der Waals surface area contributed by atoms with Gasteiger partial charge < -0.3 is 15.3 Å². The molecule has 0 bridgehead atoms. The number of likely N-dealkylation sites (tertiary alicyclic amines) is 1. The summed E-state index contributed by atoms with van der Waals surface area (Å²) in [7, 11) is 0. The number of anilines is 1. The van der Waals surface area contributed by atoms with E-state index >= 15 is 0 Å². The molecule has 0 aliphatic carbocycles. The van der Waals surface area contributed by atoms with Crippen LogP contribution in [0, 0.1) is 0 Å². The van der Waals surface area contributed by atoms with Gasteiger partial charge in [-0.2, -0.15) is 0 Å². The number of nitrogens with one attached hydrogen (secondary N) is 1. The molecule has 0 saturated carbocycles. The minimum Gasteiger partial charge on any atom is -0.506 e. The SMILES string of the molecule is CC1CCCC(C)N1C(=O)Nc1ccccc1O. The lowest BCUT2D eigenvalue weighted by atomic mass is 9.98. The first-order valence-electron chi connectivity index (χ1n) is 6.47. The second-order valence-corrected chi connectivity index (χ2v) is 4.98. The molecule has 1 aromatic rings. The molecule has 0 spiro atoms. The summed E-state index contributed by atoms with van der Waals surface area (Å²) in [6, 6.07) is 7.16. The zero-order chi connectivity index (χ0) is 13.1. The summed E-state index contributed by atoms with van der Waals surface area (Å²) < 4.78 is 0. The van der Waals surface area contributed by atoms with Crippen molar-refractivity contribution in [3.05, 3.63) is 24.3 Å². The van der Waals surface area contributed by atoms with Crippen LogP contribution in [-0.2, 0) is 0 Å². The largest absolute Gasteiger partial charge is 0.506 e. The molecule has 1 aromatic carbocycles. The molecule has 1 aliphatic rings. The van der Waals surface area contributed by atoms with Crippen LogP contribution in [0.3, 0.4) is 0 Å². The molecule has 4 nitrogen and oxygen atoms in total. The van der Waals surface area contributed by atoms with Gasteiger partial charge >= 0.3 is 6.03 Å². The fourth-order valence-electron chi connectivity index (χ4n) is 2.58. The maximum atomic E-state index is 12.2. The van der Waals surface area contributed by atoms with Crippen molar-refractivity contribution in [1.29, 1.82) is 0 Å². The highest BCUT2D eigenvalue weighted by molar-refractivity contribution is 5.91. The van der Waals surface area contributed by atoms with Crippen molar-refractivity contribution in [2.45, 2.75) is 45.2 Å². The molecule has 1 heterocycles. The first-order valence-corrected chi connectivity index (χ1v) is 6.47. The monoisotopic (exact) mass is 248 g/mol. The number of carbonyl (C=O) groups is 1. The van der Waals surface area contributed by atoms with Gasteiger partial charge in [0.15, 0.2) is 0 Å². The van der Waals surface area contributed by atoms with E-state index in [2.05, 4.69) is 19.2 Å². The summed E-state index contributed by atoms with van der Waals surface area (Å²) in [5.41, 5.74) is 0.465. The Morgan fingerprint density at radius 1 is 1.28 bits per heavy atom. The minimum absolute atomic E-state index is 0.100. The van der Waals surface area contributed by atoms with Crippen LogP contribution in [0.4, 0.5) is 10.5 Å². The highest BCUT2D eigenvalue weighted by Gasteiger charge is 2.29. The van der Waals surface area contributed by atoms with Gasteiger partial charge in [0, 0.05) is 12.1 Å². The Bertz CT molecular complexity index is 424. The van der Waals surface area contributed by atoms with Crippen LogP contribution >= 0.6 is 0 Å². The molecule has 1 fully saturated rings. The fraction of sp³-hybridized carbons (Fsp3) is 0.500. The van der Waals surface area contributed by atoms with Crippen molar-refractivity contribution in [3.8, 4) is 5.75 Å². The summed E-state index contributed by atoms with van der Waals surface area (Å²) in [4.78, 5) is 14.1. The summed E-state index contributed by atoms with van der Waals surface area (Å²) in [5, 5.41) is 12.4. The predicted molar refractivity (Wildman–Crippen MR) is 71.7 cm³/mol. The Balaban J connectivity index is 2.09. The van der Waals surface area contributed by atoms with Crippen LogP contribution in [-0.4, -0.2) is 28.1 Å². The molecule has 2 rings (SSSR count). The molecule has 98 valence electrons. The van der Waals surface area contributed by atoms with Gasteiger partial charge in [0.25, 0.3) is 0 Å². The molecule has 0 aromatic heterocycles. The average Bonchev–Trinajstić information content (AvgIpc) is 2.32. The number of rotatable bonds is 1. The van der Waals surface area contributed by atoms with Gasteiger partial charge in [0.1, 0.15) is 5.75 Å². The van der Waals surface area contributed by atoms with E-state index in [0.717, 1.165) is 12.8 Å². The average molecular weight is 248 g/mol. The van der Waals surface area contributed by atoms with Crippen LogP contribution in [0.5, 0.6) is 5.75 Å². The topological polar surface area (TPSA) is 52.6 Å². The third-order valence-corrected chi connectivity index (χ3v) is 3.57. The van der Waals surface area contributed by atoms with Gasteiger partial charge in [-0.1, -0.05) is 12.1 Å². The molecule has 4 heteroatoms. The summed E-state index contributed by atoms with van der Waals surface area (Å²) in [6.07, 6.45) is 3.25. The van der Waals surface area contributed by atoms with Gasteiger partial charge in [-0.05, 0) is 45.2 Å². The van der Waals surface area contributed by atoms with E-state index in [-0.39, 0.29) is 23.9 Å². The lowest BCUT2D eigenvalue weighted by Gasteiger charge is -2.38. The molecule has 2 atom stereocenters. The van der Waals surface area contributed by atoms with Gasteiger partial charge in [-0.25, -0.2) is 4.79 Å². The van der Waals surface area contributed by atoms with Crippen molar-refractivity contribution < 1.29 is 9.90 Å². The number of hydrogen-bond acceptors (Lipinski definition) is 2. The number of phenols is 1. The lowest BCUT2D eigenvalue weighted by Crippen LogP contribution is -2.49. The Morgan fingerprint density at radius 2 is 1.89 bits per heavy atom. The number of benzene rings is 1.